The molecule has 0 radical (unpaired) electrons. The lowest BCUT2D eigenvalue weighted by Crippen LogP contribution is -2.28. The summed E-state index contributed by atoms with van der Waals surface area (Å²) in [6.45, 7) is 6.67. The third kappa shape index (κ3) is 3.99. The molecule has 5 nitrogen and oxygen atoms in total. The van der Waals surface area contributed by atoms with Crippen LogP contribution in [0.1, 0.15) is 32.4 Å². The molecule has 0 aliphatic carbocycles. The van der Waals surface area contributed by atoms with Gasteiger partial charge in [-0.25, -0.2) is 4.98 Å². The third-order valence-corrected chi connectivity index (χ3v) is 4.08. The van der Waals surface area contributed by atoms with Crippen LogP contribution in [-0.2, 0) is 16.1 Å². The Morgan fingerprint density at radius 3 is 3.16 bits per heavy atom. The molecule has 106 valence electrons. The molecular formula is C13H21N3O2S. The maximum absolute atomic E-state index is 11.4. The lowest BCUT2D eigenvalue weighted by Gasteiger charge is -2.14. The van der Waals surface area contributed by atoms with Crippen LogP contribution in [0.5, 0.6) is 0 Å². The van der Waals surface area contributed by atoms with Crippen LogP contribution in [0, 0.1) is 0 Å². The average molecular weight is 283 g/mol. The van der Waals surface area contributed by atoms with Crippen molar-refractivity contribution < 1.29 is 9.53 Å². The van der Waals surface area contributed by atoms with Crippen molar-refractivity contribution in [2.24, 2.45) is 0 Å². The van der Waals surface area contributed by atoms with Gasteiger partial charge in [-0.1, -0.05) is 0 Å². The third-order valence-electron chi connectivity index (χ3n) is 3.17. The maximum Gasteiger partial charge on any atom is 0.225 e. The van der Waals surface area contributed by atoms with E-state index in [2.05, 4.69) is 10.3 Å². The maximum atomic E-state index is 11.4. The monoisotopic (exact) mass is 283 g/mol. The first-order valence-corrected chi connectivity index (χ1v) is 7.63. The molecule has 1 amide bonds. The Bertz CT molecular complexity index is 416. The fourth-order valence-electron chi connectivity index (χ4n) is 2.16. The first-order valence-electron chi connectivity index (χ1n) is 6.75. The highest BCUT2D eigenvalue weighted by molar-refractivity contribution is 7.14. The standard InChI is InChI=1S/C13H21N3O2S/c1-3-16(10(2)17)13-15-11(9-19-13)7-14-8-12-5-4-6-18-12/h9,12,14H,3-8H2,1-2H3. The summed E-state index contributed by atoms with van der Waals surface area (Å²) in [6, 6.07) is 0. The van der Waals surface area contributed by atoms with Crippen LogP contribution in [0.3, 0.4) is 0 Å². The molecule has 2 rings (SSSR count). The zero-order chi connectivity index (χ0) is 13.7. The SMILES string of the molecule is CCN(C(C)=O)c1nc(CNCC2CCCO2)cs1. The summed E-state index contributed by atoms with van der Waals surface area (Å²) < 4.78 is 5.55. The zero-order valence-electron chi connectivity index (χ0n) is 11.5. The fourth-order valence-corrected chi connectivity index (χ4v) is 3.09. The Balaban J connectivity index is 1.81. The molecule has 0 spiro atoms. The van der Waals surface area contributed by atoms with Crippen LogP contribution in [0.4, 0.5) is 5.13 Å². The van der Waals surface area contributed by atoms with Gasteiger partial charge < -0.3 is 10.1 Å². The molecule has 2 heterocycles. The minimum atomic E-state index is 0.0377. The first-order chi connectivity index (χ1) is 9.20. The molecule has 1 aromatic heterocycles. The Hall–Kier alpha value is -0.980. The Kier molecular flexibility index (Phi) is 5.30. The van der Waals surface area contributed by atoms with Gasteiger partial charge in [-0.05, 0) is 19.8 Å². The number of thiazole rings is 1. The van der Waals surface area contributed by atoms with E-state index in [-0.39, 0.29) is 5.91 Å². The number of amides is 1. The van der Waals surface area contributed by atoms with Crippen molar-refractivity contribution in [2.75, 3.05) is 24.6 Å². The largest absolute Gasteiger partial charge is 0.377 e. The molecule has 19 heavy (non-hydrogen) atoms. The van der Waals surface area contributed by atoms with Gasteiger partial charge in [0.1, 0.15) is 0 Å². The molecule has 1 aliphatic heterocycles. The quantitative estimate of drug-likeness (QED) is 0.864. The van der Waals surface area contributed by atoms with Crippen molar-refractivity contribution >= 4 is 22.4 Å². The zero-order valence-corrected chi connectivity index (χ0v) is 12.3. The molecule has 0 aromatic carbocycles. The lowest BCUT2D eigenvalue weighted by atomic mass is 10.2. The van der Waals surface area contributed by atoms with Crippen LogP contribution in [0.25, 0.3) is 0 Å². The molecule has 6 heteroatoms. The second-order valence-electron chi connectivity index (χ2n) is 4.65. The Morgan fingerprint density at radius 2 is 2.53 bits per heavy atom. The topological polar surface area (TPSA) is 54.5 Å². The number of hydrogen-bond donors (Lipinski definition) is 1. The van der Waals surface area contributed by atoms with E-state index < -0.39 is 0 Å². The normalized spacial score (nSPS) is 18.7. The molecule has 1 aliphatic rings. The van der Waals surface area contributed by atoms with E-state index in [1.807, 2.05) is 12.3 Å². The summed E-state index contributed by atoms with van der Waals surface area (Å²) in [5.74, 6) is 0.0377. The molecule has 1 unspecified atom stereocenters. The van der Waals surface area contributed by atoms with Gasteiger partial charge in [-0.3, -0.25) is 9.69 Å². The number of ether oxygens (including phenoxy) is 1. The van der Waals surface area contributed by atoms with E-state index in [0.717, 1.165) is 43.4 Å². The number of nitrogens with one attached hydrogen (secondary N) is 1. The first kappa shape index (κ1) is 14.4. The van der Waals surface area contributed by atoms with Crippen LogP contribution < -0.4 is 10.2 Å². The van der Waals surface area contributed by atoms with Gasteiger partial charge in [0.2, 0.25) is 5.91 Å². The summed E-state index contributed by atoms with van der Waals surface area (Å²) in [5, 5.41) is 6.14. The van der Waals surface area contributed by atoms with Crippen LogP contribution in [0.2, 0.25) is 0 Å². The van der Waals surface area contributed by atoms with Crippen LogP contribution in [-0.4, -0.2) is 36.7 Å². The fraction of sp³-hybridized carbons (Fsp3) is 0.692. The number of rotatable bonds is 6. The van der Waals surface area contributed by atoms with Crippen molar-refractivity contribution in [1.82, 2.24) is 10.3 Å². The number of hydrogen-bond acceptors (Lipinski definition) is 5. The van der Waals surface area contributed by atoms with E-state index in [9.17, 15) is 4.79 Å². The van der Waals surface area contributed by atoms with Crippen LogP contribution in [0.15, 0.2) is 5.38 Å². The number of anilines is 1. The molecule has 1 atom stereocenters. The molecule has 1 saturated heterocycles. The number of aromatic nitrogens is 1. The van der Waals surface area contributed by atoms with Crippen molar-refractivity contribution in [3.63, 3.8) is 0 Å². The summed E-state index contributed by atoms with van der Waals surface area (Å²) in [4.78, 5) is 17.6. The van der Waals surface area contributed by atoms with Gasteiger partial charge in [0, 0.05) is 38.5 Å². The second kappa shape index (κ2) is 6.98. The van der Waals surface area contributed by atoms with Gasteiger partial charge in [0.05, 0.1) is 11.8 Å². The lowest BCUT2D eigenvalue weighted by molar-refractivity contribution is -0.116. The molecule has 0 saturated carbocycles. The van der Waals surface area contributed by atoms with Crippen molar-refractivity contribution in [1.29, 1.82) is 0 Å². The highest BCUT2D eigenvalue weighted by Crippen LogP contribution is 2.20. The Labute approximate surface area is 118 Å². The molecule has 1 fully saturated rings. The van der Waals surface area contributed by atoms with Gasteiger partial charge in [0.15, 0.2) is 5.13 Å². The minimum Gasteiger partial charge on any atom is -0.377 e. The smallest absolute Gasteiger partial charge is 0.225 e. The summed E-state index contributed by atoms with van der Waals surface area (Å²) in [7, 11) is 0. The van der Waals surface area contributed by atoms with E-state index in [4.69, 9.17) is 4.74 Å². The average Bonchev–Trinajstić information content (AvgIpc) is 3.02. The Morgan fingerprint density at radius 1 is 1.68 bits per heavy atom. The van der Waals surface area contributed by atoms with Gasteiger partial charge in [-0.15, -0.1) is 11.3 Å². The summed E-state index contributed by atoms with van der Waals surface area (Å²) >= 11 is 1.52. The molecule has 1 aromatic rings. The van der Waals surface area contributed by atoms with Crippen molar-refractivity contribution in [2.45, 2.75) is 39.3 Å². The van der Waals surface area contributed by atoms with Gasteiger partial charge in [0.25, 0.3) is 0 Å². The van der Waals surface area contributed by atoms with E-state index in [1.54, 1.807) is 11.8 Å². The number of carbonyl (C=O) groups is 1. The van der Waals surface area contributed by atoms with Crippen LogP contribution >= 0.6 is 11.3 Å². The highest BCUT2D eigenvalue weighted by atomic mass is 32.1. The van der Waals surface area contributed by atoms with E-state index in [1.165, 1.54) is 11.3 Å². The molecular weight excluding hydrogens is 262 g/mol. The highest BCUT2D eigenvalue weighted by Gasteiger charge is 2.16. The van der Waals surface area contributed by atoms with Gasteiger partial charge >= 0.3 is 0 Å². The van der Waals surface area contributed by atoms with E-state index >= 15 is 0 Å². The molecule has 0 bridgehead atoms. The summed E-state index contributed by atoms with van der Waals surface area (Å²) in [6.07, 6.45) is 2.66. The van der Waals surface area contributed by atoms with E-state index in [0.29, 0.717) is 12.6 Å². The molecule has 1 N–H and O–H groups in total. The van der Waals surface area contributed by atoms with Crippen molar-refractivity contribution in [3.05, 3.63) is 11.1 Å². The predicted octanol–water partition coefficient (Wildman–Crippen LogP) is 1.78. The predicted molar refractivity (Wildman–Crippen MR) is 76.5 cm³/mol. The van der Waals surface area contributed by atoms with Crippen molar-refractivity contribution in [3.8, 4) is 0 Å². The second-order valence-corrected chi connectivity index (χ2v) is 5.49. The van der Waals surface area contributed by atoms with Gasteiger partial charge in [-0.2, -0.15) is 0 Å². The number of nitrogens with zero attached hydrogens (tertiary/aromatic N) is 2. The summed E-state index contributed by atoms with van der Waals surface area (Å²) in [5.41, 5.74) is 0.984. The minimum absolute atomic E-state index is 0.0377. The number of carbonyl (C=O) groups excluding carboxylic acids is 1.